The molecule has 0 saturated carbocycles. The highest BCUT2D eigenvalue weighted by atomic mass is 31.2. The number of quaternary nitrogens is 1. The lowest BCUT2D eigenvalue weighted by atomic mass is 10.0. The number of hydrogen-bond acceptors (Lipinski definition) is 5. The normalized spacial score (nSPS) is 14.0. The van der Waals surface area contributed by atoms with Gasteiger partial charge in [-0.15, -0.1) is 0 Å². The van der Waals surface area contributed by atoms with Gasteiger partial charge in [0.05, 0.1) is 39.9 Å². The summed E-state index contributed by atoms with van der Waals surface area (Å²) in [5.74, 6) is -0.184. The first kappa shape index (κ1) is 73.7. The third kappa shape index (κ3) is 60.2. The van der Waals surface area contributed by atoms with Crippen molar-refractivity contribution in [1.82, 2.24) is 5.32 Å². The van der Waals surface area contributed by atoms with Gasteiger partial charge in [0.15, 0.2) is 0 Å². The minimum Gasteiger partial charge on any atom is -0.387 e. The van der Waals surface area contributed by atoms with Crippen LogP contribution in [0.4, 0.5) is 0 Å². The second-order valence-electron chi connectivity index (χ2n) is 23.8. The molecule has 0 aromatic rings. The number of aliphatic hydroxyl groups excluding tert-OH is 1. The maximum absolute atomic E-state index is 13.0. The van der Waals surface area contributed by atoms with E-state index >= 15 is 0 Å². The van der Waals surface area contributed by atoms with Crippen molar-refractivity contribution >= 4 is 13.7 Å². The lowest BCUT2D eigenvalue weighted by Gasteiger charge is -2.25. The molecule has 0 aromatic carbocycles. The number of unbranched alkanes of at least 4 members (excludes halogenated alkanes) is 44. The summed E-state index contributed by atoms with van der Waals surface area (Å²) in [4.78, 5) is 23.4. The predicted octanol–water partition coefficient (Wildman–Crippen LogP) is 20.5. The predicted molar refractivity (Wildman–Crippen MR) is 328 cm³/mol. The monoisotopic (exact) mass is 1080 g/mol. The molecule has 0 bridgehead atoms. The Balaban J connectivity index is 4.15. The summed E-state index contributed by atoms with van der Waals surface area (Å²) >= 11 is 0. The fourth-order valence-electron chi connectivity index (χ4n) is 9.96. The third-order valence-corrected chi connectivity index (χ3v) is 16.1. The quantitative estimate of drug-likeness (QED) is 0.0243. The van der Waals surface area contributed by atoms with Gasteiger partial charge >= 0.3 is 7.82 Å². The van der Waals surface area contributed by atoms with Crippen molar-refractivity contribution in [1.29, 1.82) is 0 Å². The Labute approximate surface area is 467 Å². The van der Waals surface area contributed by atoms with Gasteiger partial charge in [-0.25, -0.2) is 4.57 Å². The SMILES string of the molecule is CCCCCCCCCCCCCCCCCCCCCCC/C=C/CC/C=C/CC/C=C/C(O)C(COP(=O)(O)OCC[N+](C)(C)C)NC(=O)CCCCCCCCCCCCCCCCCCCCCCCC. The number of likely N-dealkylation sites (N-methyl/N-ethyl adjacent to an activating group) is 1. The fraction of sp³-hybridized carbons (Fsp3) is 0.894. The Hall–Kier alpha value is -1.28. The van der Waals surface area contributed by atoms with Gasteiger partial charge < -0.3 is 19.8 Å². The number of phosphoric acid groups is 1. The van der Waals surface area contributed by atoms with Crippen LogP contribution >= 0.6 is 7.82 Å². The number of allylic oxidation sites excluding steroid dienone is 5. The van der Waals surface area contributed by atoms with Crippen molar-refractivity contribution in [3.63, 3.8) is 0 Å². The zero-order chi connectivity index (χ0) is 54.9. The van der Waals surface area contributed by atoms with Gasteiger partial charge in [-0.1, -0.05) is 314 Å². The molecule has 0 rings (SSSR count). The van der Waals surface area contributed by atoms with Crippen LogP contribution in [0.3, 0.4) is 0 Å². The molecule has 1 amide bonds. The molecule has 3 atom stereocenters. The first-order valence-corrected chi connectivity index (χ1v) is 34.4. The van der Waals surface area contributed by atoms with Gasteiger partial charge in [0.1, 0.15) is 13.2 Å². The van der Waals surface area contributed by atoms with E-state index in [9.17, 15) is 19.4 Å². The van der Waals surface area contributed by atoms with Gasteiger partial charge in [0, 0.05) is 6.42 Å². The summed E-state index contributed by atoms with van der Waals surface area (Å²) in [5, 5.41) is 14.0. The van der Waals surface area contributed by atoms with E-state index in [-0.39, 0.29) is 19.1 Å². The van der Waals surface area contributed by atoms with E-state index in [1.54, 1.807) is 6.08 Å². The van der Waals surface area contributed by atoms with Crippen LogP contribution in [0.2, 0.25) is 0 Å². The topological polar surface area (TPSA) is 105 Å². The van der Waals surface area contributed by atoms with Gasteiger partial charge in [0.25, 0.3) is 0 Å². The first-order chi connectivity index (χ1) is 36.5. The first-order valence-electron chi connectivity index (χ1n) is 32.9. The van der Waals surface area contributed by atoms with Crippen molar-refractivity contribution < 1.29 is 32.9 Å². The third-order valence-electron chi connectivity index (χ3n) is 15.1. The molecule has 0 aliphatic rings. The van der Waals surface area contributed by atoms with Crippen LogP contribution in [0.15, 0.2) is 36.5 Å². The largest absolute Gasteiger partial charge is 0.472 e. The number of carbonyl (C=O) groups is 1. The molecule has 0 aromatic heterocycles. The van der Waals surface area contributed by atoms with E-state index in [1.807, 2.05) is 27.2 Å². The molecule has 9 heteroatoms. The summed E-state index contributed by atoms with van der Waals surface area (Å²) in [6, 6.07) is -0.869. The molecule has 0 aliphatic heterocycles. The van der Waals surface area contributed by atoms with Crippen LogP contribution in [0.5, 0.6) is 0 Å². The maximum Gasteiger partial charge on any atom is 0.472 e. The van der Waals surface area contributed by atoms with E-state index in [0.29, 0.717) is 17.4 Å². The highest BCUT2D eigenvalue weighted by Crippen LogP contribution is 2.43. The van der Waals surface area contributed by atoms with Gasteiger partial charge in [-0.05, 0) is 44.9 Å². The van der Waals surface area contributed by atoms with Crippen LogP contribution < -0.4 is 5.32 Å². The Morgan fingerprint density at radius 1 is 0.440 bits per heavy atom. The standard InChI is InChI=1S/C66H129N2O6P/c1-6-8-10-12-14-16-18-20-22-24-26-28-30-31-32-33-34-35-36-37-38-39-41-43-45-47-49-51-53-55-57-59-65(69)64(63-74-75(71,72)73-62-61-68(3,4)5)67-66(70)60-58-56-54-52-50-48-46-44-42-40-29-27-25-23-21-19-17-15-13-11-9-7-2/h41,43,49,51,57,59,64-65,69H,6-40,42,44-48,50,52-56,58,60-63H2,1-5H3,(H-,67,70,71,72)/p+1/b43-41+,51-49+,59-57+. The summed E-state index contributed by atoms with van der Waals surface area (Å²) in [5.41, 5.74) is 0. The Morgan fingerprint density at radius 3 is 1.07 bits per heavy atom. The van der Waals surface area contributed by atoms with E-state index in [4.69, 9.17) is 9.05 Å². The molecule has 0 saturated heterocycles. The maximum atomic E-state index is 13.0. The number of amides is 1. The van der Waals surface area contributed by atoms with E-state index in [0.717, 1.165) is 44.9 Å². The van der Waals surface area contributed by atoms with Crippen molar-refractivity contribution in [3.8, 4) is 0 Å². The fourth-order valence-corrected chi connectivity index (χ4v) is 10.7. The van der Waals surface area contributed by atoms with Crippen LogP contribution in [-0.2, 0) is 18.4 Å². The zero-order valence-electron chi connectivity index (χ0n) is 50.8. The molecule has 3 unspecified atom stereocenters. The minimum absolute atomic E-state index is 0.0553. The van der Waals surface area contributed by atoms with Crippen LogP contribution in [-0.4, -0.2) is 73.4 Å². The molecule has 0 heterocycles. The highest BCUT2D eigenvalue weighted by Gasteiger charge is 2.28. The van der Waals surface area contributed by atoms with E-state index in [1.165, 1.54) is 263 Å². The molecule has 0 radical (unpaired) electrons. The zero-order valence-corrected chi connectivity index (χ0v) is 51.7. The summed E-state index contributed by atoms with van der Waals surface area (Å²) in [6.45, 7) is 4.84. The molecule has 0 spiro atoms. The van der Waals surface area contributed by atoms with Crippen molar-refractivity contribution in [2.75, 3.05) is 40.9 Å². The number of aliphatic hydroxyl groups is 1. The van der Waals surface area contributed by atoms with Crippen molar-refractivity contribution in [2.24, 2.45) is 0 Å². The number of carbonyl (C=O) groups excluding carboxylic acids is 1. The molecule has 444 valence electrons. The molecule has 3 N–H and O–H groups in total. The summed E-state index contributed by atoms with van der Waals surface area (Å²) in [7, 11) is 1.56. The molecular formula is C66H130N2O6P+. The highest BCUT2D eigenvalue weighted by molar-refractivity contribution is 7.47. The smallest absolute Gasteiger partial charge is 0.387 e. The van der Waals surface area contributed by atoms with Crippen molar-refractivity contribution in [2.45, 2.75) is 341 Å². The second-order valence-corrected chi connectivity index (χ2v) is 25.3. The molecule has 8 nitrogen and oxygen atoms in total. The number of phosphoric ester groups is 1. The lowest BCUT2D eigenvalue weighted by molar-refractivity contribution is -0.870. The Bertz CT molecular complexity index is 1320. The second kappa shape index (κ2) is 57.4. The Kier molecular flexibility index (Phi) is 56.4. The van der Waals surface area contributed by atoms with Gasteiger partial charge in [-0.2, -0.15) is 0 Å². The summed E-state index contributed by atoms with van der Waals surface area (Å²) in [6.07, 6.45) is 75.7. The minimum atomic E-state index is -4.36. The lowest BCUT2D eigenvalue weighted by Crippen LogP contribution is -2.45. The van der Waals surface area contributed by atoms with Gasteiger partial charge in [-0.3, -0.25) is 13.8 Å². The summed E-state index contributed by atoms with van der Waals surface area (Å²) < 4.78 is 23.8. The van der Waals surface area contributed by atoms with Gasteiger partial charge in [0.2, 0.25) is 5.91 Å². The number of rotatable bonds is 61. The van der Waals surface area contributed by atoms with Crippen LogP contribution in [0.25, 0.3) is 0 Å². The van der Waals surface area contributed by atoms with E-state index < -0.39 is 20.0 Å². The van der Waals surface area contributed by atoms with Crippen LogP contribution in [0.1, 0.15) is 328 Å². The average molecular weight is 1080 g/mol. The number of nitrogens with one attached hydrogen (secondary N) is 1. The molecule has 0 fully saturated rings. The molecule has 0 aliphatic carbocycles. The molecular weight excluding hydrogens is 948 g/mol. The van der Waals surface area contributed by atoms with E-state index in [2.05, 4.69) is 43.5 Å². The average Bonchev–Trinajstić information content (AvgIpc) is 3.37. The Morgan fingerprint density at radius 2 is 0.733 bits per heavy atom. The number of nitrogens with zero attached hydrogens (tertiary/aromatic N) is 1. The van der Waals surface area contributed by atoms with Crippen LogP contribution in [0, 0.1) is 0 Å². The van der Waals surface area contributed by atoms with Crippen molar-refractivity contribution in [3.05, 3.63) is 36.5 Å². The molecule has 75 heavy (non-hydrogen) atoms. The number of hydrogen-bond donors (Lipinski definition) is 3.